The van der Waals surface area contributed by atoms with Gasteiger partial charge in [-0.1, -0.05) is 6.07 Å². The molecular formula is C12H11N5O3. The van der Waals surface area contributed by atoms with Gasteiger partial charge in [0.15, 0.2) is 0 Å². The minimum Gasteiger partial charge on any atom is -0.478 e. The van der Waals surface area contributed by atoms with Crippen LogP contribution in [0.15, 0.2) is 30.7 Å². The molecule has 0 saturated carbocycles. The van der Waals surface area contributed by atoms with Crippen molar-refractivity contribution in [1.82, 2.24) is 19.7 Å². The van der Waals surface area contributed by atoms with Gasteiger partial charge in [0.2, 0.25) is 5.95 Å². The number of carboxylic acid groups (broad SMARTS) is 1. The molecule has 2 aromatic rings. The van der Waals surface area contributed by atoms with Crippen LogP contribution in [0.4, 0.5) is 5.95 Å². The number of carbonyl (C=O) groups excluding carboxylic acids is 1. The highest BCUT2D eigenvalue weighted by atomic mass is 16.4. The predicted molar refractivity (Wildman–Crippen MR) is 69.9 cm³/mol. The number of aryl methyl sites for hydroxylation is 1. The summed E-state index contributed by atoms with van der Waals surface area (Å²) < 4.78 is 1.40. The van der Waals surface area contributed by atoms with Crippen molar-refractivity contribution in [3.63, 3.8) is 0 Å². The summed E-state index contributed by atoms with van der Waals surface area (Å²) in [4.78, 5) is 30.4. The molecule has 0 spiro atoms. The molecule has 0 aliphatic heterocycles. The van der Waals surface area contributed by atoms with Crippen LogP contribution in [-0.4, -0.2) is 36.7 Å². The molecule has 20 heavy (non-hydrogen) atoms. The molecule has 0 bridgehead atoms. The number of aliphatic carboxylic acids is 1. The number of carboxylic acids is 1. The number of rotatable bonds is 4. The lowest BCUT2D eigenvalue weighted by molar-refractivity contribution is -0.131. The number of hydrogen-bond acceptors (Lipinski definition) is 5. The molecule has 2 aromatic heterocycles. The first kappa shape index (κ1) is 13.4. The van der Waals surface area contributed by atoms with E-state index >= 15 is 0 Å². The Labute approximate surface area is 113 Å². The van der Waals surface area contributed by atoms with Gasteiger partial charge in [-0.15, -0.1) is 0 Å². The minimum absolute atomic E-state index is 0.105. The highest BCUT2D eigenvalue weighted by Gasteiger charge is 2.13. The van der Waals surface area contributed by atoms with Gasteiger partial charge in [0.05, 0.1) is 0 Å². The van der Waals surface area contributed by atoms with Crippen LogP contribution in [0.2, 0.25) is 0 Å². The van der Waals surface area contributed by atoms with Crippen molar-refractivity contribution in [1.29, 1.82) is 0 Å². The van der Waals surface area contributed by atoms with Crippen LogP contribution in [0.5, 0.6) is 0 Å². The number of amides is 1. The van der Waals surface area contributed by atoms with E-state index in [1.165, 1.54) is 23.3 Å². The third-order valence-electron chi connectivity index (χ3n) is 2.40. The molecule has 2 rings (SSSR count). The van der Waals surface area contributed by atoms with Crippen LogP contribution < -0.4 is 5.32 Å². The fraction of sp³-hybridized carbons (Fsp3) is 0.0833. The number of aromatic nitrogens is 4. The van der Waals surface area contributed by atoms with E-state index in [0.29, 0.717) is 5.56 Å². The van der Waals surface area contributed by atoms with Gasteiger partial charge >= 0.3 is 5.97 Å². The summed E-state index contributed by atoms with van der Waals surface area (Å²) in [6, 6.07) is 3.21. The standard InChI is InChI=1S/C12H11N5O3/c1-17-12(14-7-15-17)16-11(20)10-8(3-2-6-13-10)4-5-9(18)19/h2-7H,1H3,(H,18,19)(H,14,15,16,20)/b5-4+. The van der Waals surface area contributed by atoms with E-state index in [1.807, 2.05) is 0 Å². The second kappa shape index (κ2) is 5.74. The second-order valence-corrected chi connectivity index (χ2v) is 3.77. The fourth-order valence-corrected chi connectivity index (χ4v) is 1.47. The van der Waals surface area contributed by atoms with E-state index < -0.39 is 11.9 Å². The quantitative estimate of drug-likeness (QED) is 0.787. The molecule has 0 radical (unpaired) electrons. The lowest BCUT2D eigenvalue weighted by atomic mass is 10.1. The number of nitrogens with one attached hydrogen (secondary N) is 1. The molecule has 0 fully saturated rings. The number of pyridine rings is 1. The summed E-state index contributed by atoms with van der Waals surface area (Å²) >= 11 is 0. The zero-order valence-corrected chi connectivity index (χ0v) is 10.5. The highest BCUT2D eigenvalue weighted by molar-refractivity contribution is 6.04. The zero-order valence-electron chi connectivity index (χ0n) is 10.5. The van der Waals surface area contributed by atoms with Crippen molar-refractivity contribution in [3.05, 3.63) is 42.0 Å². The third kappa shape index (κ3) is 3.05. The van der Waals surface area contributed by atoms with Gasteiger partial charge in [0.1, 0.15) is 12.0 Å². The van der Waals surface area contributed by atoms with Gasteiger partial charge in [0, 0.05) is 24.9 Å². The van der Waals surface area contributed by atoms with Gasteiger partial charge in [-0.3, -0.25) is 15.1 Å². The van der Waals surface area contributed by atoms with Crippen molar-refractivity contribution in [2.45, 2.75) is 0 Å². The largest absolute Gasteiger partial charge is 0.478 e. The van der Waals surface area contributed by atoms with Crippen molar-refractivity contribution in [2.75, 3.05) is 5.32 Å². The SMILES string of the molecule is Cn1ncnc1NC(=O)c1ncccc1/C=C/C(=O)O. The van der Waals surface area contributed by atoms with Crippen LogP contribution in [0.25, 0.3) is 6.08 Å². The molecule has 0 unspecified atom stereocenters. The summed E-state index contributed by atoms with van der Waals surface area (Å²) in [7, 11) is 1.63. The molecule has 2 N–H and O–H groups in total. The van der Waals surface area contributed by atoms with E-state index in [4.69, 9.17) is 5.11 Å². The van der Waals surface area contributed by atoms with Crippen LogP contribution in [-0.2, 0) is 11.8 Å². The Morgan fingerprint density at radius 2 is 2.20 bits per heavy atom. The fourth-order valence-electron chi connectivity index (χ4n) is 1.47. The summed E-state index contributed by atoms with van der Waals surface area (Å²) in [5.41, 5.74) is 0.502. The number of carbonyl (C=O) groups is 2. The minimum atomic E-state index is -1.10. The Balaban J connectivity index is 2.26. The molecule has 0 atom stereocenters. The molecule has 0 aliphatic carbocycles. The topological polar surface area (TPSA) is 110 Å². The van der Waals surface area contributed by atoms with E-state index in [2.05, 4.69) is 20.4 Å². The Kier molecular flexibility index (Phi) is 3.85. The Bertz CT molecular complexity index is 677. The summed E-state index contributed by atoms with van der Waals surface area (Å²) in [6.07, 6.45) is 5.00. The van der Waals surface area contributed by atoms with Gasteiger partial charge in [-0.2, -0.15) is 10.1 Å². The molecule has 0 saturated heterocycles. The molecule has 0 aliphatic rings. The van der Waals surface area contributed by atoms with Crippen molar-refractivity contribution in [3.8, 4) is 0 Å². The monoisotopic (exact) mass is 273 g/mol. The van der Waals surface area contributed by atoms with E-state index in [-0.39, 0.29) is 11.6 Å². The second-order valence-electron chi connectivity index (χ2n) is 3.77. The van der Waals surface area contributed by atoms with Gasteiger partial charge in [-0.25, -0.2) is 9.48 Å². The first-order valence-electron chi connectivity index (χ1n) is 5.59. The van der Waals surface area contributed by atoms with Crippen LogP contribution in [0.3, 0.4) is 0 Å². The number of anilines is 1. The van der Waals surface area contributed by atoms with Crippen LogP contribution in [0.1, 0.15) is 16.1 Å². The number of hydrogen-bond donors (Lipinski definition) is 2. The molecule has 1 amide bonds. The summed E-state index contributed by atoms with van der Waals surface area (Å²) in [6.45, 7) is 0. The molecule has 8 heteroatoms. The summed E-state index contributed by atoms with van der Waals surface area (Å²) in [5, 5.41) is 15.0. The molecule has 0 aromatic carbocycles. The molecular weight excluding hydrogens is 262 g/mol. The summed E-state index contributed by atoms with van der Waals surface area (Å²) in [5.74, 6) is -1.32. The first-order valence-corrected chi connectivity index (χ1v) is 5.59. The molecule has 102 valence electrons. The normalized spacial score (nSPS) is 10.7. The maximum Gasteiger partial charge on any atom is 0.328 e. The predicted octanol–water partition coefficient (Wildman–Crippen LogP) is 0.560. The molecule has 8 nitrogen and oxygen atoms in total. The highest BCUT2D eigenvalue weighted by Crippen LogP contribution is 2.10. The lowest BCUT2D eigenvalue weighted by Gasteiger charge is -2.05. The van der Waals surface area contributed by atoms with Crippen LogP contribution >= 0.6 is 0 Å². The maximum atomic E-state index is 12.1. The molecule has 2 heterocycles. The Hall–Kier alpha value is -3.03. The average molecular weight is 273 g/mol. The first-order chi connectivity index (χ1) is 9.58. The van der Waals surface area contributed by atoms with Crippen molar-refractivity contribution < 1.29 is 14.7 Å². The van der Waals surface area contributed by atoms with Crippen molar-refractivity contribution in [2.24, 2.45) is 7.05 Å². The smallest absolute Gasteiger partial charge is 0.328 e. The Morgan fingerprint density at radius 3 is 2.85 bits per heavy atom. The van der Waals surface area contributed by atoms with Gasteiger partial charge in [0.25, 0.3) is 5.91 Å². The zero-order chi connectivity index (χ0) is 14.5. The van der Waals surface area contributed by atoms with E-state index in [0.717, 1.165) is 6.08 Å². The van der Waals surface area contributed by atoms with Crippen LogP contribution in [0, 0.1) is 0 Å². The lowest BCUT2D eigenvalue weighted by Crippen LogP contribution is -2.17. The van der Waals surface area contributed by atoms with Gasteiger partial charge in [-0.05, 0) is 12.1 Å². The Morgan fingerprint density at radius 1 is 1.40 bits per heavy atom. The van der Waals surface area contributed by atoms with Gasteiger partial charge < -0.3 is 5.11 Å². The van der Waals surface area contributed by atoms with Crippen molar-refractivity contribution >= 4 is 23.9 Å². The third-order valence-corrected chi connectivity index (χ3v) is 2.40. The number of nitrogens with zero attached hydrogens (tertiary/aromatic N) is 4. The van der Waals surface area contributed by atoms with E-state index in [1.54, 1.807) is 19.2 Å². The maximum absolute atomic E-state index is 12.1. The average Bonchev–Trinajstić information content (AvgIpc) is 2.82. The van der Waals surface area contributed by atoms with E-state index in [9.17, 15) is 9.59 Å².